The monoisotopic (exact) mass is 392 g/mol. The highest BCUT2D eigenvalue weighted by Crippen LogP contribution is 2.38. The van der Waals surface area contributed by atoms with E-state index in [-0.39, 0.29) is 11.9 Å². The van der Waals surface area contributed by atoms with Gasteiger partial charge in [-0.2, -0.15) is 0 Å². The molecule has 134 valence electrons. The average molecular weight is 393 g/mol. The number of nitrogens with zero attached hydrogens (tertiary/aromatic N) is 2. The first-order valence-electron chi connectivity index (χ1n) is 8.73. The number of furan rings is 1. The Labute approximate surface area is 164 Å². The summed E-state index contributed by atoms with van der Waals surface area (Å²) in [6, 6.07) is 16.0. The molecule has 0 radical (unpaired) electrons. The predicted octanol–water partition coefficient (Wildman–Crippen LogP) is 5.25. The van der Waals surface area contributed by atoms with Crippen molar-refractivity contribution >= 4 is 28.6 Å². The summed E-state index contributed by atoms with van der Waals surface area (Å²) in [5, 5.41) is 4.67. The number of aromatic nitrogens is 1. The molecule has 1 aromatic carbocycles. The fourth-order valence-corrected chi connectivity index (χ4v) is 5.23. The van der Waals surface area contributed by atoms with Crippen LogP contribution in [0.2, 0.25) is 0 Å². The number of thiazole rings is 1. The number of hydrogen-bond donors (Lipinski definition) is 0. The lowest BCUT2D eigenvalue weighted by molar-refractivity contribution is 0.0691. The van der Waals surface area contributed by atoms with Crippen molar-refractivity contribution in [1.29, 1.82) is 0 Å². The van der Waals surface area contributed by atoms with Crippen LogP contribution in [0.4, 0.5) is 0 Å². The summed E-state index contributed by atoms with van der Waals surface area (Å²) in [5.41, 5.74) is 2.84. The Kier molecular flexibility index (Phi) is 4.14. The lowest BCUT2D eigenvalue weighted by atomic mass is 9.93. The molecule has 0 N–H and O–H groups in total. The van der Waals surface area contributed by atoms with Crippen molar-refractivity contribution in [2.24, 2.45) is 0 Å². The van der Waals surface area contributed by atoms with E-state index in [4.69, 9.17) is 4.42 Å². The standard InChI is InChI=1S/C21H16N2O2S2/c24-21(16-13-27-20(22-16)17-7-4-11-25-17)23-10-8-18-15(9-12-26-18)19(23)14-5-2-1-3-6-14/h1-7,9,11-13,19H,8,10H2/t19-/m0/s1. The molecule has 0 spiro atoms. The largest absolute Gasteiger partial charge is 0.462 e. The van der Waals surface area contributed by atoms with Gasteiger partial charge in [0.05, 0.1) is 12.3 Å². The summed E-state index contributed by atoms with van der Waals surface area (Å²) in [6.07, 6.45) is 2.50. The number of benzene rings is 1. The van der Waals surface area contributed by atoms with Gasteiger partial charge in [-0.1, -0.05) is 30.3 Å². The van der Waals surface area contributed by atoms with E-state index in [1.807, 2.05) is 40.6 Å². The number of carbonyl (C=O) groups excluding carboxylic acids is 1. The summed E-state index contributed by atoms with van der Waals surface area (Å²) in [6.45, 7) is 0.694. The van der Waals surface area contributed by atoms with Gasteiger partial charge in [0.25, 0.3) is 5.91 Å². The van der Waals surface area contributed by atoms with E-state index in [2.05, 4.69) is 28.6 Å². The molecule has 1 amide bonds. The minimum atomic E-state index is -0.0672. The van der Waals surface area contributed by atoms with Crippen molar-refractivity contribution < 1.29 is 9.21 Å². The molecule has 4 nitrogen and oxygen atoms in total. The molecule has 0 fully saturated rings. The van der Waals surface area contributed by atoms with E-state index < -0.39 is 0 Å². The second-order valence-electron chi connectivity index (χ2n) is 6.38. The summed E-state index contributed by atoms with van der Waals surface area (Å²) < 4.78 is 5.41. The zero-order valence-corrected chi connectivity index (χ0v) is 16.0. The molecular weight excluding hydrogens is 376 g/mol. The van der Waals surface area contributed by atoms with Crippen LogP contribution in [0, 0.1) is 0 Å². The maximum absolute atomic E-state index is 13.3. The number of hydrogen-bond acceptors (Lipinski definition) is 5. The molecular formula is C21H16N2O2S2. The van der Waals surface area contributed by atoms with Gasteiger partial charge < -0.3 is 9.32 Å². The maximum atomic E-state index is 13.3. The maximum Gasteiger partial charge on any atom is 0.274 e. The van der Waals surface area contributed by atoms with Crippen LogP contribution in [-0.4, -0.2) is 22.3 Å². The third kappa shape index (κ3) is 2.91. The van der Waals surface area contributed by atoms with Crippen LogP contribution in [-0.2, 0) is 6.42 Å². The van der Waals surface area contributed by atoms with Crippen molar-refractivity contribution in [3.8, 4) is 10.8 Å². The molecule has 0 aliphatic carbocycles. The van der Waals surface area contributed by atoms with Gasteiger partial charge in [0.1, 0.15) is 5.69 Å². The smallest absolute Gasteiger partial charge is 0.274 e. The topological polar surface area (TPSA) is 46.3 Å². The van der Waals surface area contributed by atoms with E-state index in [1.165, 1.54) is 21.8 Å². The van der Waals surface area contributed by atoms with E-state index >= 15 is 0 Å². The molecule has 6 heteroatoms. The molecule has 0 saturated heterocycles. The second kappa shape index (κ2) is 6.79. The zero-order chi connectivity index (χ0) is 18.2. The molecule has 1 atom stereocenters. The number of amides is 1. The van der Waals surface area contributed by atoms with E-state index in [9.17, 15) is 4.79 Å². The molecule has 0 saturated carbocycles. The van der Waals surface area contributed by atoms with Crippen molar-refractivity contribution in [3.63, 3.8) is 0 Å². The molecule has 1 aliphatic heterocycles. The first-order valence-corrected chi connectivity index (χ1v) is 10.5. The van der Waals surface area contributed by atoms with Gasteiger partial charge in [0.2, 0.25) is 0 Å². The van der Waals surface area contributed by atoms with Gasteiger partial charge in [-0.25, -0.2) is 4.98 Å². The molecule has 0 unspecified atom stereocenters. The highest BCUT2D eigenvalue weighted by atomic mass is 32.1. The second-order valence-corrected chi connectivity index (χ2v) is 8.23. The van der Waals surface area contributed by atoms with Crippen LogP contribution in [0.1, 0.15) is 32.5 Å². The van der Waals surface area contributed by atoms with Crippen LogP contribution < -0.4 is 0 Å². The van der Waals surface area contributed by atoms with Crippen molar-refractivity contribution in [1.82, 2.24) is 9.88 Å². The molecule has 27 heavy (non-hydrogen) atoms. The highest BCUT2D eigenvalue weighted by molar-refractivity contribution is 7.13. The zero-order valence-electron chi connectivity index (χ0n) is 14.4. The van der Waals surface area contributed by atoms with Gasteiger partial charge >= 0.3 is 0 Å². The summed E-state index contributed by atoms with van der Waals surface area (Å²) >= 11 is 3.21. The Bertz CT molecular complexity index is 1070. The minimum Gasteiger partial charge on any atom is -0.462 e. The fourth-order valence-electron chi connectivity index (χ4n) is 3.56. The Hall–Kier alpha value is -2.70. The lowest BCUT2D eigenvalue weighted by Gasteiger charge is -2.36. The summed E-state index contributed by atoms with van der Waals surface area (Å²) in [4.78, 5) is 21.2. The number of carbonyl (C=O) groups is 1. The van der Waals surface area contributed by atoms with Crippen LogP contribution in [0.25, 0.3) is 10.8 Å². The predicted molar refractivity (Wildman–Crippen MR) is 107 cm³/mol. The number of thiophene rings is 1. The molecule has 3 aromatic heterocycles. The first-order chi connectivity index (χ1) is 13.3. The summed E-state index contributed by atoms with van der Waals surface area (Å²) in [5.74, 6) is 0.659. The fraction of sp³-hybridized carbons (Fsp3) is 0.143. The third-order valence-electron chi connectivity index (χ3n) is 4.80. The van der Waals surface area contributed by atoms with Gasteiger partial charge in [-0.05, 0) is 41.1 Å². The minimum absolute atomic E-state index is 0.0326. The third-order valence-corrected chi connectivity index (χ3v) is 6.65. The average Bonchev–Trinajstić information content (AvgIpc) is 3.48. The molecule has 4 aromatic rings. The molecule has 1 aliphatic rings. The van der Waals surface area contributed by atoms with Gasteiger partial charge in [-0.3, -0.25) is 4.79 Å². The van der Waals surface area contributed by atoms with Gasteiger partial charge in [0, 0.05) is 16.8 Å². The van der Waals surface area contributed by atoms with Crippen molar-refractivity contribution in [2.45, 2.75) is 12.5 Å². The van der Waals surface area contributed by atoms with Crippen molar-refractivity contribution in [3.05, 3.63) is 87.3 Å². The van der Waals surface area contributed by atoms with Crippen LogP contribution in [0.3, 0.4) is 0 Å². The molecule has 4 heterocycles. The SMILES string of the molecule is O=C(c1csc(-c2ccco2)n1)N1CCc2sccc2[C@@H]1c1ccccc1. The Morgan fingerprint density at radius 1 is 1.11 bits per heavy atom. The number of fused-ring (bicyclic) bond motifs is 1. The van der Waals surface area contributed by atoms with Gasteiger partial charge in [0.15, 0.2) is 10.8 Å². The van der Waals surface area contributed by atoms with E-state index in [1.54, 1.807) is 17.6 Å². The summed E-state index contributed by atoms with van der Waals surface area (Å²) in [7, 11) is 0. The number of rotatable bonds is 3. The normalized spacial score (nSPS) is 16.3. The quantitative estimate of drug-likeness (QED) is 0.478. The molecule has 5 rings (SSSR count). The van der Waals surface area contributed by atoms with Gasteiger partial charge in [-0.15, -0.1) is 22.7 Å². The van der Waals surface area contributed by atoms with Crippen LogP contribution in [0.15, 0.2) is 70.0 Å². The first kappa shape index (κ1) is 16.5. The Morgan fingerprint density at radius 3 is 2.81 bits per heavy atom. The Morgan fingerprint density at radius 2 is 2.00 bits per heavy atom. The highest BCUT2D eigenvalue weighted by Gasteiger charge is 2.34. The van der Waals surface area contributed by atoms with E-state index in [0.29, 0.717) is 18.0 Å². The van der Waals surface area contributed by atoms with E-state index in [0.717, 1.165) is 17.0 Å². The van der Waals surface area contributed by atoms with Crippen molar-refractivity contribution in [2.75, 3.05) is 6.54 Å². The lowest BCUT2D eigenvalue weighted by Crippen LogP contribution is -2.40. The van der Waals surface area contributed by atoms with Crippen LogP contribution >= 0.6 is 22.7 Å². The molecule has 0 bridgehead atoms. The van der Waals surface area contributed by atoms with Crippen LogP contribution in [0.5, 0.6) is 0 Å². The Balaban J connectivity index is 1.52.